The Balaban J connectivity index is 1.23. The summed E-state index contributed by atoms with van der Waals surface area (Å²) in [5, 5.41) is 6.28. The Morgan fingerprint density at radius 1 is 1.02 bits per heavy atom. The summed E-state index contributed by atoms with van der Waals surface area (Å²) in [4.78, 5) is 43.9. The number of carbonyl (C=O) groups is 3. The Labute approximate surface area is 252 Å². The van der Waals surface area contributed by atoms with Gasteiger partial charge in [-0.05, 0) is 61.8 Å². The molecule has 1 aliphatic heterocycles. The minimum atomic E-state index is -4.03. The third kappa shape index (κ3) is 8.98. The second-order valence-corrected chi connectivity index (χ2v) is 12.6. The van der Waals surface area contributed by atoms with Gasteiger partial charge in [-0.15, -0.1) is 0 Å². The number of para-hydroxylation sites is 1. The van der Waals surface area contributed by atoms with Gasteiger partial charge in [0.15, 0.2) is 0 Å². The van der Waals surface area contributed by atoms with Gasteiger partial charge in [-0.2, -0.15) is 0 Å². The van der Waals surface area contributed by atoms with Gasteiger partial charge in [0.25, 0.3) is 0 Å². The van der Waals surface area contributed by atoms with Crippen LogP contribution >= 0.6 is 0 Å². The van der Waals surface area contributed by atoms with Gasteiger partial charge < -0.3 is 20.3 Å². The summed E-state index contributed by atoms with van der Waals surface area (Å²) in [7, 11) is -4.03. The molecule has 2 atom stereocenters. The van der Waals surface area contributed by atoms with E-state index in [0.717, 1.165) is 17.5 Å². The fraction of sp³-hybridized carbons (Fsp3) is 0.419. The Morgan fingerprint density at radius 2 is 1.77 bits per heavy atom. The highest BCUT2D eigenvalue weighted by Crippen LogP contribution is 2.24. The molecule has 3 aromatic rings. The number of sulfonamides is 1. The number of hydrogen-bond acceptors (Lipinski definition) is 7. The highest BCUT2D eigenvalue weighted by atomic mass is 32.2. The summed E-state index contributed by atoms with van der Waals surface area (Å²) in [5.41, 5.74) is 2.14. The number of rotatable bonds is 12. The number of alkyl carbamates (subject to hydrolysis) is 1. The number of amides is 3. The van der Waals surface area contributed by atoms with E-state index in [0.29, 0.717) is 49.8 Å². The predicted molar refractivity (Wildman–Crippen MR) is 162 cm³/mol. The van der Waals surface area contributed by atoms with Gasteiger partial charge in [-0.3, -0.25) is 14.6 Å². The van der Waals surface area contributed by atoms with Crippen LogP contribution in [0.4, 0.5) is 4.79 Å². The number of fused-ring (bicyclic) bond motifs is 1. The summed E-state index contributed by atoms with van der Waals surface area (Å²) in [6.07, 6.45) is 3.57. The van der Waals surface area contributed by atoms with Crippen LogP contribution in [0.1, 0.15) is 43.7 Å². The minimum absolute atomic E-state index is 0.00157. The lowest BCUT2D eigenvalue weighted by atomic mass is 9.91. The molecule has 0 aliphatic carbocycles. The average Bonchev–Trinajstić information content (AvgIpc) is 3.00. The van der Waals surface area contributed by atoms with Crippen molar-refractivity contribution in [1.82, 2.24) is 25.2 Å². The quantitative estimate of drug-likeness (QED) is 0.267. The molecule has 3 amide bonds. The third-order valence-electron chi connectivity index (χ3n) is 7.39. The van der Waals surface area contributed by atoms with E-state index < -0.39 is 34.6 Å². The first-order valence-corrected chi connectivity index (χ1v) is 16.0. The first-order chi connectivity index (χ1) is 20.6. The van der Waals surface area contributed by atoms with Crippen molar-refractivity contribution in [2.75, 3.05) is 26.2 Å². The molecular formula is C31H39N5O6S. The molecule has 0 radical (unpaired) electrons. The van der Waals surface area contributed by atoms with Crippen LogP contribution in [0.3, 0.4) is 0 Å². The van der Waals surface area contributed by atoms with Gasteiger partial charge in [-0.25, -0.2) is 17.9 Å². The van der Waals surface area contributed by atoms with Gasteiger partial charge in [0.2, 0.25) is 21.8 Å². The molecule has 1 saturated heterocycles. The van der Waals surface area contributed by atoms with E-state index in [9.17, 15) is 22.8 Å². The van der Waals surface area contributed by atoms with Crippen molar-refractivity contribution < 1.29 is 27.5 Å². The minimum Gasteiger partial charge on any atom is -0.445 e. The Morgan fingerprint density at radius 3 is 2.53 bits per heavy atom. The molecule has 2 aromatic carbocycles. The lowest BCUT2D eigenvalue weighted by Crippen LogP contribution is -2.55. The molecule has 1 aliphatic rings. The maximum absolute atomic E-state index is 13.2. The Hall–Kier alpha value is -4.03. The number of aryl methyl sites for hydroxylation is 1. The van der Waals surface area contributed by atoms with Crippen molar-refractivity contribution >= 4 is 38.8 Å². The molecule has 2 heterocycles. The lowest BCUT2D eigenvalue weighted by molar-refractivity contribution is -0.142. The fourth-order valence-electron chi connectivity index (χ4n) is 5.03. The smallest absolute Gasteiger partial charge is 0.407 e. The van der Waals surface area contributed by atoms with Crippen molar-refractivity contribution in [3.8, 4) is 0 Å². The van der Waals surface area contributed by atoms with E-state index in [-0.39, 0.29) is 23.3 Å². The van der Waals surface area contributed by atoms with E-state index in [4.69, 9.17) is 4.74 Å². The molecular weight excluding hydrogens is 570 g/mol. The molecule has 3 N–H and O–H groups in total. The zero-order chi connectivity index (χ0) is 30.8. The molecule has 4 rings (SSSR count). The van der Waals surface area contributed by atoms with Crippen LogP contribution < -0.4 is 15.4 Å². The van der Waals surface area contributed by atoms with Crippen LogP contribution in [0.5, 0.6) is 0 Å². The van der Waals surface area contributed by atoms with Crippen molar-refractivity contribution in [2.24, 2.45) is 5.92 Å². The number of benzene rings is 2. The normalized spacial score (nSPS) is 16.9. The predicted octanol–water partition coefficient (Wildman–Crippen LogP) is 3.27. The molecule has 0 spiro atoms. The fourth-order valence-corrected chi connectivity index (χ4v) is 6.18. The van der Waals surface area contributed by atoms with Gasteiger partial charge in [0.05, 0.1) is 12.1 Å². The Kier molecular flexibility index (Phi) is 11.1. The topological polar surface area (TPSA) is 147 Å². The largest absolute Gasteiger partial charge is 0.445 e. The number of hydrogen-bond donors (Lipinski definition) is 3. The van der Waals surface area contributed by atoms with Crippen LogP contribution in [0.15, 0.2) is 65.7 Å². The van der Waals surface area contributed by atoms with Crippen LogP contribution in [0.2, 0.25) is 0 Å². The highest BCUT2D eigenvalue weighted by molar-refractivity contribution is 7.89. The van der Waals surface area contributed by atoms with E-state index in [1.54, 1.807) is 18.3 Å². The van der Waals surface area contributed by atoms with Gasteiger partial charge in [0, 0.05) is 31.2 Å². The number of aromatic nitrogens is 1. The second kappa shape index (κ2) is 14.9. The molecule has 230 valence electrons. The summed E-state index contributed by atoms with van der Waals surface area (Å²) in [6.45, 7) is 4.79. The third-order valence-corrected chi connectivity index (χ3v) is 8.82. The summed E-state index contributed by atoms with van der Waals surface area (Å²) in [5.74, 6) is -0.489. The second-order valence-electron chi connectivity index (χ2n) is 10.9. The highest BCUT2D eigenvalue weighted by Gasteiger charge is 2.35. The number of piperidine rings is 1. The molecule has 1 aromatic heterocycles. The van der Waals surface area contributed by atoms with E-state index in [1.807, 2.05) is 50.2 Å². The average molecular weight is 610 g/mol. The number of unbranched alkanes of at least 4 members (excludes halogenated alkanes) is 1. The molecule has 12 heteroatoms. The zero-order valence-electron chi connectivity index (χ0n) is 24.5. The summed E-state index contributed by atoms with van der Waals surface area (Å²) < 4.78 is 33.8. The van der Waals surface area contributed by atoms with Crippen molar-refractivity contribution in [1.29, 1.82) is 0 Å². The summed E-state index contributed by atoms with van der Waals surface area (Å²) in [6, 6.07) is 15.4. The standard InChI is InChI=1S/C31H39N5O6S/c1-22-13-16-36(28(37)20-35-43(40,41)27-12-8-11-25-17-23(2)19-34-29(25)27)26(18-22)30(38)32-14-6-7-15-33-31(39)42-21-24-9-4-3-5-10-24/h3-5,8-12,17,19,22,26,35H,6-7,13-16,18,20-21H2,1-2H3,(H,32,38)(H,33,39)/t22-,26-/m0/s1. The van der Waals surface area contributed by atoms with Crippen LogP contribution in [0.25, 0.3) is 10.9 Å². The van der Waals surface area contributed by atoms with Gasteiger partial charge >= 0.3 is 6.09 Å². The van der Waals surface area contributed by atoms with Crippen molar-refractivity contribution in [3.63, 3.8) is 0 Å². The number of nitrogens with one attached hydrogen (secondary N) is 3. The van der Waals surface area contributed by atoms with Crippen LogP contribution in [-0.4, -0.2) is 68.4 Å². The molecule has 0 bridgehead atoms. The first-order valence-electron chi connectivity index (χ1n) is 14.5. The first kappa shape index (κ1) is 31.9. The van der Waals surface area contributed by atoms with E-state index in [2.05, 4.69) is 20.3 Å². The van der Waals surface area contributed by atoms with Crippen molar-refractivity contribution in [3.05, 3.63) is 71.9 Å². The van der Waals surface area contributed by atoms with E-state index >= 15 is 0 Å². The van der Waals surface area contributed by atoms with Crippen LogP contribution in [0, 0.1) is 12.8 Å². The lowest BCUT2D eigenvalue weighted by Gasteiger charge is -2.37. The maximum atomic E-state index is 13.2. The number of carbonyl (C=O) groups excluding carboxylic acids is 3. The van der Waals surface area contributed by atoms with Crippen molar-refractivity contribution in [2.45, 2.75) is 57.1 Å². The van der Waals surface area contributed by atoms with E-state index in [1.165, 1.54) is 11.0 Å². The van der Waals surface area contributed by atoms with Crippen LogP contribution in [-0.2, 0) is 31.0 Å². The molecule has 11 nitrogen and oxygen atoms in total. The SMILES string of the molecule is Cc1cnc2c(S(=O)(=O)NCC(=O)N3CC[C@H](C)C[C@H]3C(=O)NCCCCNC(=O)OCc3ccccc3)cccc2c1. The van der Waals surface area contributed by atoms with Gasteiger partial charge in [0.1, 0.15) is 17.5 Å². The number of likely N-dealkylation sites (tertiary alicyclic amines) is 1. The zero-order valence-corrected chi connectivity index (χ0v) is 25.4. The summed E-state index contributed by atoms with van der Waals surface area (Å²) >= 11 is 0. The monoisotopic (exact) mass is 609 g/mol. The van der Waals surface area contributed by atoms with Gasteiger partial charge in [-0.1, -0.05) is 49.4 Å². The number of ether oxygens (including phenoxy) is 1. The molecule has 43 heavy (non-hydrogen) atoms. The molecule has 0 saturated carbocycles. The molecule has 1 fully saturated rings. The number of nitrogens with zero attached hydrogens (tertiary/aromatic N) is 2. The Bertz CT molecular complexity index is 1530. The molecule has 0 unspecified atom stereocenters. The maximum Gasteiger partial charge on any atom is 0.407 e. The number of pyridine rings is 1.